The predicted molar refractivity (Wildman–Crippen MR) is 86.6 cm³/mol. The monoisotopic (exact) mass is 293 g/mol. The van der Waals surface area contributed by atoms with Crippen LogP contribution in [-0.4, -0.2) is 12.1 Å². The van der Waals surface area contributed by atoms with Gasteiger partial charge in [-0.05, 0) is 57.5 Å². The molecule has 2 aromatic rings. The summed E-state index contributed by atoms with van der Waals surface area (Å²) < 4.78 is 5.95. The topological polar surface area (TPSA) is 25.2 Å². The van der Waals surface area contributed by atoms with Gasteiger partial charge in [-0.3, -0.25) is 0 Å². The summed E-state index contributed by atoms with van der Waals surface area (Å²) in [5.41, 5.74) is 1.06. The van der Waals surface area contributed by atoms with E-state index in [-0.39, 0.29) is 5.54 Å². The van der Waals surface area contributed by atoms with E-state index in [2.05, 4.69) is 46.0 Å². The van der Waals surface area contributed by atoms with E-state index in [1.165, 1.54) is 0 Å². The Hall–Kier alpha value is -0.990. The maximum absolute atomic E-state index is 6.02. The summed E-state index contributed by atoms with van der Waals surface area (Å²) in [5.74, 6) is 1.91. The molecule has 2 atom stereocenters. The van der Waals surface area contributed by atoms with Gasteiger partial charge >= 0.3 is 0 Å². The minimum Gasteiger partial charge on any atom is -0.461 e. The smallest absolute Gasteiger partial charge is 0.134 e. The molecule has 3 heteroatoms. The van der Waals surface area contributed by atoms with Gasteiger partial charge in [0.25, 0.3) is 0 Å². The second-order valence-electron chi connectivity index (χ2n) is 6.73. The van der Waals surface area contributed by atoms with Crippen molar-refractivity contribution in [2.75, 3.05) is 6.54 Å². The Morgan fingerprint density at radius 2 is 1.90 bits per heavy atom. The summed E-state index contributed by atoms with van der Waals surface area (Å²) in [6, 6.07) is 7.87. The molecule has 2 unspecified atom stereocenters. The summed E-state index contributed by atoms with van der Waals surface area (Å²) in [6.45, 7) is 12.0. The van der Waals surface area contributed by atoms with Gasteiger partial charge in [0.2, 0.25) is 0 Å². The molecule has 0 fully saturated rings. The Bertz CT molecular complexity index is 582. The molecule has 0 amide bonds. The van der Waals surface area contributed by atoms with Crippen LogP contribution in [0.1, 0.15) is 46.3 Å². The van der Waals surface area contributed by atoms with Crippen molar-refractivity contribution in [2.24, 2.45) is 5.92 Å². The molecule has 0 bridgehead atoms. The summed E-state index contributed by atoms with van der Waals surface area (Å²) in [4.78, 5) is 0. The first kappa shape index (κ1) is 15.4. The van der Waals surface area contributed by atoms with E-state index in [0.29, 0.717) is 11.8 Å². The standard InChI is InChI=1S/C17H24ClNO/c1-11(10-19-17(3,4)5)12(2)16-9-13-8-14(18)6-7-15(13)20-16/h6-9,11-12,19H,10H2,1-5H3. The number of rotatable bonds is 4. The van der Waals surface area contributed by atoms with E-state index in [0.717, 1.165) is 28.3 Å². The van der Waals surface area contributed by atoms with Crippen molar-refractivity contribution >= 4 is 22.6 Å². The maximum atomic E-state index is 6.02. The summed E-state index contributed by atoms with van der Waals surface area (Å²) in [7, 11) is 0. The van der Waals surface area contributed by atoms with Gasteiger partial charge in [0, 0.05) is 21.9 Å². The minimum atomic E-state index is 0.148. The van der Waals surface area contributed by atoms with Gasteiger partial charge in [-0.2, -0.15) is 0 Å². The molecule has 1 N–H and O–H groups in total. The second kappa shape index (κ2) is 5.79. The van der Waals surface area contributed by atoms with Crippen molar-refractivity contribution in [2.45, 2.75) is 46.1 Å². The van der Waals surface area contributed by atoms with E-state index in [1.54, 1.807) is 0 Å². The van der Waals surface area contributed by atoms with Crippen LogP contribution >= 0.6 is 11.6 Å². The molecule has 0 aliphatic heterocycles. The fourth-order valence-electron chi connectivity index (χ4n) is 2.18. The van der Waals surface area contributed by atoms with Crippen LogP contribution in [-0.2, 0) is 0 Å². The van der Waals surface area contributed by atoms with Crippen LogP contribution in [0.2, 0.25) is 5.02 Å². The third kappa shape index (κ3) is 3.77. The largest absolute Gasteiger partial charge is 0.461 e. The first-order chi connectivity index (χ1) is 9.26. The highest BCUT2D eigenvalue weighted by molar-refractivity contribution is 6.31. The van der Waals surface area contributed by atoms with Crippen LogP contribution in [0.3, 0.4) is 0 Å². The first-order valence-electron chi connectivity index (χ1n) is 7.20. The van der Waals surface area contributed by atoms with Crippen molar-refractivity contribution < 1.29 is 4.42 Å². The highest BCUT2D eigenvalue weighted by Crippen LogP contribution is 2.31. The van der Waals surface area contributed by atoms with Gasteiger partial charge in [-0.15, -0.1) is 0 Å². The van der Waals surface area contributed by atoms with Crippen LogP contribution in [0.25, 0.3) is 11.0 Å². The molecule has 0 radical (unpaired) electrons. The zero-order valence-corrected chi connectivity index (χ0v) is 13.7. The van der Waals surface area contributed by atoms with Gasteiger partial charge in [0.15, 0.2) is 0 Å². The molecule has 1 heterocycles. The van der Waals surface area contributed by atoms with Crippen LogP contribution in [0, 0.1) is 5.92 Å². The number of benzene rings is 1. The molecule has 20 heavy (non-hydrogen) atoms. The quantitative estimate of drug-likeness (QED) is 0.836. The molecule has 1 aromatic carbocycles. The molecule has 0 saturated heterocycles. The Kier molecular flexibility index (Phi) is 4.46. The fourth-order valence-corrected chi connectivity index (χ4v) is 2.36. The van der Waals surface area contributed by atoms with E-state index in [9.17, 15) is 0 Å². The normalized spacial score (nSPS) is 15.5. The Morgan fingerprint density at radius 1 is 1.20 bits per heavy atom. The molecule has 0 spiro atoms. The summed E-state index contributed by atoms with van der Waals surface area (Å²) in [5, 5.41) is 5.38. The van der Waals surface area contributed by atoms with Gasteiger partial charge in [0.1, 0.15) is 11.3 Å². The lowest BCUT2D eigenvalue weighted by atomic mass is 9.92. The molecule has 0 saturated carbocycles. The Morgan fingerprint density at radius 3 is 2.55 bits per heavy atom. The van der Waals surface area contributed by atoms with E-state index >= 15 is 0 Å². The number of furan rings is 1. The maximum Gasteiger partial charge on any atom is 0.134 e. The molecule has 110 valence electrons. The van der Waals surface area contributed by atoms with Gasteiger partial charge in [0.05, 0.1) is 0 Å². The molecule has 0 aliphatic carbocycles. The average Bonchev–Trinajstić information content (AvgIpc) is 2.76. The summed E-state index contributed by atoms with van der Waals surface area (Å²) >= 11 is 6.02. The van der Waals surface area contributed by atoms with Crippen molar-refractivity contribution in [3.05, 3.63) is 35.0 Å². The van der Waals surface area contributed by atoms with Crippen LogP contribution < -0.4 is 5.32 Å². The predicted octanol–water partition coefficient (Wildman–Crippen LogP) is 5.21. The van der Waals surface area contributed by atoms with Gasteiger partial charge in [-0.25, -0.2) is 0 Å². The fraction of sp³-hybridized carbons (Fsp3) is 0.529. The van der Waals surface area contributed by atoms with Crippen molar-refractivity contribution in [1.29, 1.82) is 0 Å². The molecule has 2 rings (SSSR count). The lowest BCUT2D eigenvalue weighted by Crippen LogP contribution is -2.39. The van der Waals surface area contributed by atoms with Gasteiger partial charge < -0.3 is 9.73 Å². The molecule has 0 aliphatic rings. The molecule has 2 nitrogen and oxygen atoms in total. The number of fused-ring (bicyclic) bond motifs is 1. The highest BCUT2D eigenvalue weighted by atomic mass is 35.5. The molecular weight excluding hydrogens is 270 g/mol. The molecular formula is C17H24ClNO. The average molecular weight is 294 g/mol. The van der Waals surface area contributed by atoms with Crippen LogP contribution in [0.5, 0.6) is 0 Å². The number of halogens is 1. The molecule has 1 aromatic heterocycles. The Balaban J connectivity index is 2.12. The van der Waals surface area contributed by atoms with Crippen LogP contribution in [0.15, 0.2) is 28.7 Å². The van der Waals surface area contributed by atoms with Crippen molar-refractivity contribution in [1.82, 2.24) is 5.32 Å². The van der Waals surface area contributed by atoms with Crippen molar-refractivity contribution in [3.63, 3.8) is 0 Å². The zero-order valence-electron chi connectivity index (χ0n) is 13.0. The van der Waals surface area contributed by atoms with E-state index in [4.69, 9.17) is 16.0 Å². The third-order valence-corrected chi connectivity index (χ3v) is 3.99. The number of hydrogen-bond acceptors (Lipinski definition) is 2. The van der Waals surface area contributed by atoms with Crippen LogP contribution in [0.4, 0.5) is 0 Å². The lowest BCUT2D eigenvalue weighted by molar-refractivity contribution is 0.339. The Labute approximate surface area is 126 Å². The van der Waals surface area contributed by atoms with E-state index in [1.807, 2.05) is 18.2 Å². The lowest BCUT2D eigenvalue weighted by Gasteiger charge is -2.25. The number of hydrogen-bond donors (Lipinski definition) is 1. The highest BCUT2D eigenvalue weighted by Gasteiger charge is 2.20. The van der Waals surface area contributed by atoms with Crippen molar-refractivity contribution in [3.8, 4) is 0 Å². The van der Waals surface area contributed by atoms with E-state index < -0.39 is 0 Å². The zero-order chi connectivity index (χ0) is 14.9. The van der Waals surface area contributed by atoms with Gasteiger partial charge in [-0.1, -0.05) is 25.4 Å². The SMILES string of the molecule is CC(CNC(C)(C)C)C(C)c1cc2cc(Cl)ccc2o1. The third-order valence-electron chi connectivity index (χ3n) is 3.75. The second-order valence-corrected chi connectivity index (χ2v) is 7.16. The summed E-state index contributed by atoms with van der Waals surface area (Å²) in [6.07, 6.45) is 0. The number of nitrogens with one attached hydrogen (secondary N) is 1. The first-order valence-corrected chi connectivity index (χ1v) is 7.58. The minimum absolute atomic E-state index is 0.148.